The average Bonchev–Trinajstić information content (AvgIpc) is 2.32. The van der Waals surface area contributed by atoms with Gasteiger partial charge in [-0.2, -0.15) is 0 Å². The third-order valence-electron chi connectivity index (χ3n) is 2.24. The van der Waals surface area contributed by atoms with E-state index in [4.69, 9.17) is 23.2 Å². The first-order valence-corrected chi connectivity index (χ1v) is 6.04. The summed E-state index contributed by atoms with van der Waals surface area (Å²) in [6.45, 7) is 1.86. The Labute approximate surface area is 114 Å². The van der Waals surface area contributed by atoms with Crippen LogP contribution in [0.5, 0.6) is 0 Å². The van der Waals surface area contributed by atoms with E-state index in [1.54, 1.807) is 6.92 Å². The molecule has 0 aliphatic rings. The van der Waals surface area contributed by atoms with Crippen LogP contribution < -0.4 is 0 Å². The van der Waals surface area contributed by atoms with Crippen LogP contribution in [0.15, 0.2) is 12.3 Å². The van der Waals surface area contributed by atoms with Crippen LogP contribution in [0.4, 0.5) is 0 Å². The van der Waals surface area contributed by atoms with Crippen LogP contribution in [0.2, 0.25) is 10.2 Å². The molecule has 0 fully saturated rings. The lowest BCUT2D eigenvalue weighted by Crippen LogP contribution is -2.23. The Kier molecular flexibility index (Phi) is 5.81. The highest BCUT2D eigenvalue weighted by Crippen LogP contribution is 2.30. The molecule has 0 radical (unpaired) electrons. The third-order valence-corrected chi connectivity index (χ3v) is 3.02. The lowest BCUT2D eigenvalue weighted by molar-refractivity contribution is -0.147. The van der Waals surface area contributed by atoms with Gasteiger partial charge in [0.1, 0.15) is 11.3 Å². The Morgan fingerprint density at radius 1 is 1.50 bits per heavy atom. The Morgan fingerprint density at radius 3 is 2.78 bits per heavy atom. The van der Waals surface area contributed by atoms with E-state index in [1.165, 1.54) is 12.3 Å². The second kappa shape index (κ2) is 6.89. The van der Waals surface area contributed by atoms with Crippen LogP contribution in [0.25, 0.3) is 0 Å². The molecule has 0 spiro atoms. The number of hydrogen-bond donors (Lipinski definition) is 2. The first-order valence-electron chi connectivity index (χ1n) is 5.29. The molecule has 0 amide bonds. The van der Waals surface area contributed by atoms with E-state index in [1.807, 2.05) is 0 Å². The molecule has 0 aliphatic heterocycles. The Balaban J connectivity index is 2.77. The molecule has 1 heterocycles. The number of esters is 1. The summed E-state index contributed by atoms with van der Waals surface area (Å²) >= 11 is 11.5. The van der Waals surface area contributed by atoms with Crippen LogP contribution in [0.3, 0.4) is 0 Å². The van der Waals surface area contributed by atoms with Gasteiger partial charge in [0.15, 0.2) is 0 Å². The van der Waals surface area contributed by atoms with Crippen molar-refractivity contribution in [2.24, 2.45) is 0 Å². The van der Waals surface area contributed by atoms with E-state index in [0.717, 1.165) is 0 Å². The average molecular weight is 294 g/mol. The molecule has 0 aromatic carbocycles. The fourth-order valence-corrected chi connectivity index (χ4v) is 1.76. The smallest absolute Gasteiger partial charge is 0.308 e. The van der Waals surface area contributed by atoms with Gasteiger partial charge < -0.3 is 14.9 Å². The zero-order valence-corrected chi connectivity index (χ0v) is 11.1. The normalized spacial score (nSPS) is 14.1. The molecular formula is C11H13Cl2NO4. The van der Waals surface area contributed by atoms with Crippen LogP contribution >= 0.6 is 23.2 Å². The van der Waals surface area contributed by atoms with Crippen molar-refractivity contribution in [2.75, 3.05) is 6.61 Å². The number of nitrogens with zero attached hydrogens (tertiary/aromatic N) is 1. The molecule has 100 valence electrons. The summed E-state index contributed by atoms with van der Waals surface area (Å²) in [5.41, 5.74) is 0.216. The second-order valence-electron chi connectivity index (χ2n) is 3.53. The van der Waals surface area contributed by atoms with Crippen molar-refractivity contribution in [1.29, 1.82) is 0 Å². The summed E-state index contributed by atoms with van der Waals surface area (Å²) in [5, 5.41) is 19.7. The molecule has 1 rings (SSSR count). The van der Waals surface area contributed by atoms with Gasteiger partial charge in [-0.3, -0.25) is 4.79 Å². The largest absolute Gasteiger partial charge is 0.466 e. The summed E-state index contributed by atoms with van der Waals surface area (Å²) < 4.78 is 4.67. The summed E-state index contributed by atoms with van der Waals surface area (Å²) in [6, 6.07) is 1.42. The number of carbonyl (C=O) groups excluding carboxylic acids is 1. The summed E-state index contributed by atoms with van der Waals surface area (Å²) in [4.78, 5) is 14.9. The Morgan fingerprint density at radius 2 is 2.17 bits per heavy atom. The van der Waals surface area contributed by atoms with Gasteiger partial charge >= 0.3 is 5.97 Å². The summed E-state index contributed by atoms with van der Waals surface area (Å²) in [7, 11) is 0. The maximum absolute atomic E-state index is 11.2. The number of aromatic nitrogens is 1. The number of hydrogen-bond acceptors (Lipinski definition) is 5. The Hall–Kier alpha value is -0.880. The SMILES string of the molecule is CCOC(=O)CC(O)C(O)c1ccnc(Cl)c1Cl. The topological polar surface area (TPSA) is 79.7 Å². The molecule has 0 saturated heterocycles. The first-order chi connectivity index (χ1) is 8.47. The van der Waals surface area contributed by atoms with Gasteiger partial charge in [0.25, 0.3) is 0 Å². The minimum absolute atomic E-state index is 0.0246. The van der Waals surface area contributed by atoms with Crippen molar-refractivity contribution in [3.8, 4) is 0 Å². The van der Waals surface area contributed by atoms with Crippen LogP contribution in [0, 0.1) is 0 Å². The van der Waals surface area contributed by atoms with E-state index < -0.39 is 18.2 Å². The number of rotatable bonds is 5. The van der Waals surface area contributed by atoms with E-state index in [-0.39, 0.29) is 28.8 Å². The van der Waals surface area contributed by atoms with Gasteiger partial charge in [-0.15, -0.1) is 0 Å². The number of aliphatic hydroxyl groups is 2. The maximum atomic E-state index is 11.2. The monoisotopic (exact) mass is 293 g/mol. The minimum atomic E-state index is -1.33. The van der Waals surface area contributed by atoms with Gasteiger partial charge in [0.05, 0.1) is 24.2 Å². The van der Waals surface area contributed by atoms with Gasteiger partial charge in [0, 0.05) is 11.8 Å². The number of halogens is 2. The standard InChI is InChI=1S/C11H13Cl2NO4/c1-2-18-8(16)5-7(15)10(17)6-3-4-14-11(13)9(6)12/h3-4,7,10,15,17H,2,5H2,1H3. The number of aliphatic hydroxyl groups excluding tert-OH is 2. The molecule has 7 heteroatoms. The van der Waals surface area contributed by atoms with Crippen molar-refractivity contribution in [3.05, 3.63) is 28.0 Å². The van der Waals surface area contributed by atoms with Crippen molar-refractivity contribution in [3.63, 3.8) is 0 Å². The minimum Gasteiger partial charge on any atom is -0.466 e. The summed E-state index contributed by atoms with van der Waals surface area (Å²) in [6.07, 6.45) is -1.63. The van der Waals surface area contributed by atoms with Gasteiger partial charge in [0.2, 0.25) is 0 Å². The van der Waals surface area contributed by atoms with Crippen LogP contribution in [0.1, 0.15) is 25.0 Å². The van der Waals surface area contributed by atoms with E-state index >= 15 is 0 Å². The molecule has 5 nitrogen and oxygen atoms in total. The van der Waals surface area contributed by atoms with E-state index in [9.17, 15) is 15.0 Å². The molecule has 0 bridgehead atoms. The first kappa shape index (κ1) is 15.2. The molecule has 2 unspecified atom stereocenters. The third kappa shape index (κ3) is 3.81. The highest BCUT2D eigenvalue weighted by molar-refractivity contribution is 6.41. The summed E-state index contributed by atoms with van der Waals surface area (Å²) in [5.74, 6) is -0.597. The number of ether oxygens (including phenoxy) is 1. The molecule has 2 N–H and O–H groups in total. The lowest BCUT2D eigenvalue weighted by Gasteiger charge is -2.18. The highest BCUT2D eigenvalue weighted by Gasteiger charge is 2.24. The van der Waals surface area contributed by atoms with E-state index in [2.05, 4.69) is 9.72 Å². The predicted molar refractivity (Wildman–Crippen MR) is 66.5 cm³/mol. The van der Waals surface area contributed by atoms with Gasteiger partial charge in [-0.25, -0.2) is 4.98 Å². The molecule has 18 heavy (non-hydrogen) atoms. The highest BCUT2D eigenvalue weighted by atomic mass is 35.5. The van der Waals surface area contributed by atoms with Crippen LogP contribution in [-0.2, 0) is 9.53 Å². The molecule has 1 aromatic heterocycles. The zero-order valence-electron chi connectivity index (χ0n) is 9.64. The molecular weight excluding hydrogens is 281 g/mol. The molecule has 0 saturated carbocycles. The zero-order chi connectivity index (χ0) is 13.7. The maximum Gasteiger partial charge on any atom is 0.308 e. The van der Waals surface area contributed by atoms with Crippen molar-refractivity contribution < 1.29 is 19.7 Å². The second-order valence-corrected chi connectivity index (χ2v) is 4.26. The Bertz CT molecular complexity index is 428. The number of carbonyl (C=O) groups is 1. The van der Waals surface area contributed by atoms with Crippen molar-refractivity contribution in [2.45, 2.75) is 25.6 Å². The van der Waals surface area contributed by atoms with Crippen LogP contribution in [-0.4, -0.2) is 33.9 Å². The fraction of sp³-hybridized carbons (Fsp3) is 0.455. The molecule has 0 aliphatic carbocycles. The lowest BCUT2D eigenvalue weighted by atomic mass is 10.0. The van der Waals surface area contributed by atoms with Gasteiger partial charge in [-0.05, 0) is 13.0 Å². The van der Waals surface area contributed by atoms with E-state index in [0.29, 0.717) is 0 Å². The van der Waals surface area contributed by atoms with Crippen molar-refractivity contribution in [1.82, 2.24) is 4.98 Å². The predicted octanol–water partition coefficient (Wildman–Crippen LogP) is 1.74. The van der Waals surface area contributed by atoms with Gasteiger partial charge in [-0.1, -0.05) is 23.2 Å². The molecule has 2 atom stereocenters. The fourth-order valence-electron chi connectivity index (χ4n) is 1.37. The number of pyridine rings is 1. The quantitative estimate of drug-likeness (QED) is 0.638. The van der Waals surface area contributed by atoms with Crippen molar-refractivity contribution >= 4 is 29.2 Å². The molecule has 1 aromatic rings.